The number of aliphatic hydroxyl groups is 3. The third-order valence-corrected chi connectivity index (χ3v) is 3.81. The third-order valence-electron chi connectivity index (χ3n) is 3.81. The molecular weight excluding hydrogens is 272 g/mol. The van der Waals surface area contributed by atoms with Crippen LogP contribution in [-0.2, 0) is 4.79 Å². The average molecular weight is 306 g/mol. The summed E-state index contributed by atoms with van der Waals surface area (Å²) in [5.74, 6) is -1.02. The van der Waals surface area contributed by atoms with E-state index in [2.05, 4.69) is 0 Å². The van der Waals surface area contributed by atoms with Gasteiger partial charge in [0.2, 0.25) is 0 Å². The van der Waals surface area contributed by atoms with Gasteiger partial charge in [-0.25, -0.2) is 4.79 Å². The minimum absolute atomic E-state index is 0.0833. The van der Waals surface area contributed by atoms with Crippen molar-refractivity contribution in [1.82, 2.24) is 0 Å². The second-order valence-electron chi connectivity index (χ2n) is 5.50. The van der Waals surface area contributed by atoms with E-state index in [1.165, 1.54) is 0 Å². The Labute approximate surface area is 129 Å². The maximum absolute atomic E-state index is 10.5. The van der Waals surface area contributed by atoms with Crippen molar-refractivity contribution in [3.8, 4) is 0 Å². The van der Waals surface area contributed by atoms with Crippen LogP contribution in [0.3, 0.4) is 0 Å². The van der Waals surface area contributed by atoms with Crippen LogP contribution in [0.25, 0.3) is 0 Å². The second-order valence-corrected chi connectivity index (χ2v) is 5.50. The number of carboxylic acids is 1. The number of unbranched alkanes of at least 4 members (excludes halogenated alkanes) is 1. The summed E-state index contributed by atoms with van der Waals surface area (Å²) in [6.45, 7) is 7.78. The first-order valence-electron chi connectivity index (χ1n) is 8.07. The Morgan fingerprint density at radius 1 is 1.14 bits per heavy atom. The Hall–Kier alpha value is -0.650. The molecule has 0 rings (SSSR count). The topological polar surface area (TPSA) is 98.0 Å². The van der Waals surface area contributed by atoms with Crippen LogP contribution < -0.4 is 0 Å². The molecule has 3 unspecified atom stereocenters. The summed E-state index contributed by atoms with van der Waals surface area (Å²) in [4.78, 5) is 10.5. The van der Waals surface area contributed by atoms with E-state index in [1.807, 2.05) is 20.8 Å². The monoisotopic (exact) mass is 306 g/mol. The van der Waals surface area contributed by atoms with Gasteiger partial charge in [0.25, 0.3) is 0 Å². The van der Waals surface area contributed by atoms with E-state index in [4.69, 9.17) is 10.2 Å². The van der Waals surface area contributed by atoms with E-state index in [0.717, 1.165) is 32.1 Å². The van der Waals surface area contributed by atoms with Gasteiger partial charge in [0.1, 0.15) is 0 Å². The second kappa shape index (κ2) is 13.0. The van der Waals surface area contributed by atoms with E-state index >= 15 is 0 Å². The van der Waals surface area contributed by atoms with Crippen molar-refractivity contribution in [2.45, 2.75) is 84.3 Å². The molecule has 0 bridgehead atoms. The molecule has 0 heterocycles. The first-order valence-corrected chi connectivity index (χ1v) is 8.07. The summed E-state index contributed by atoms with van der Waals surface area (Å²) in [5, 5.41) is 36.1. The van der Waals surface area contributed by atoms with Crippen molar-refractivity contribution in [3.05, 3.63) is 0 Å². The molecule has 0 aliphatic rings. The number of hydrogen-bond donors (Lipinski definition) is 4. The summed E-state index contributed by atoms with van der Waals surface area (Å²) < 4.78 is 0. The molecular formula is C16H34O5. The number of carbonyl (C=O) groups is 1. The Kier molecular flexibility index (Phi) is 14.1. The zero-order valence-corrected chi connectivity index (χ0v) is 14.0. The first kappa shape index (κ1) is 22.6. The van der Waals surface area contributed by atoms with E-state index in [0.29, 0.717) is 6.42 Å². The van der Waals surface area contributed by atoms with Crippen LogP contribution in [0.15, 0.2) is 0 Å². The highest BCUT2D eigenvalue weighted by Crippen LogP contribution is 2.18. The van der Waals surface area contributed by atoms with Gasteiger partial charge in [-0.2, -0.15) is 0 Å². The Morgan fingerprint density at radius 2 is 1.71 bits per heavy atom. The van der Waals surface area contributed by atoms with Crippen molar-refractivity contribution in [3.63, 3.8) is 0 Å². The van der Waals surface area contributed by atoms with Crippen LogP contribution in [0, 0.1) is 5.92 Å². The zero-order valence-electron chi connectivity index (χ0n) is 14.0. The van der Waals surface area contributed by atoms with Gasteiger partial charge in [0.05, 0.1) is 6.10 Å². The Morgan fingerprint density at radius 3 is 2.00 bits per heavy atom. The molecule has 5 nitrogen and oxygen atoms in total. The summed E-state index contributed by atoms with van der Waals surface area (Å²) in [7, 11) is 0. The summed E-state index contributed by atoms with van der Waals surface area (Å²) >= 11 is 0. The van der Waals surface area contributed by atoms with Gasteiger partial charge in [-0.15, -0.1) is 0 Å². The van der Waals surface area contributed by atoms with Crippen LogP contribution in [0.2, 0.25) is 0 Å². The molecule has 4 N–H and O–H groups in total. The minimum Gasteiger partial charge on any atom is -0.479 e. The normalized spacial score (nSPS) is 16.3. The van der Waals surface area contributed by atoms with Gasteiger partial charge in [-0.3, -0.25) is 0 Å². The minimum atomic E-state index is -1.49. The molecule has 0 saturated heterocycles. The molecule has 0 aromatic carbocycles. The van der Waals surface area contributed by atoms with Crippen LogP contribution in [0.5, 0.6) is 0 Å². The van der Waals surface area contributed by atoms with Crippen molar-refractivity contribution in [1.29, 1.82) is 0 Å². The fourth-order valence-electron chi connectivity index (χ4n) is 1.96. The Bertz CT molecular complexity index is 253. The standard InChI is InChI=1S/C8H16O3.C8H18O2/c1-3-5-6-8(11,4-2)7(9)10;1-3-5-8(10)7(4-2)6-9/h11H,3-6H2,1-2H3,(H,9,10);7-10H,3-6H2,1-2H3. The van der Waals surface area contributed by atoms with Gasteiger partial charge in [0, 0.05) is 12.5 Å². The summed E-state index contributed by atoms with van der Waals surface area (Å²) in [6, 6.07) is 0. The van der Waals surface area contributed by atoms with Crippen molar-refractivity contribution in [2.24, 2.45) is 5.92 Å². The smallest absolute Gasteiger partial charge is 0.335 e. The lowest BCUT2D eigenvalue weighted by Crippen LogP contribution is -2.37. The molecule has 0 amide bonds. The molecule has 0 aliphatic heterocycles. The molecule has 0 spiro atoms. The molecule has 0 aromatic heterocycles. The summed E-state index contributed by atoms with van der Waals surface area (Å²) in [5.41, 5.74) is -1.49. The predicted octanol–water partition coefficient (Wildman–Crippen LogP) is 2.57. The van der Waals surface area contributed by atoms with Gasteiger partial charge >= 0.3 is 5.97 Å². The number of hydrogen-bond acceptors (Lipinski definition) is 4. The van der Waals surface area contributed by atoms with Crippen molar-refractivity contribution >= 4 is 5.97 Å². The van der Waals surface area contributed by atoms with Crippen LogP contribution in [0.1, 0.15) is 72.6 Å². The zero-order chi connectivity index (χ0) is 16.9. The number of aliphatic carboxylic acids is 1. The van der Waals surface area contributed by atoms with Crippen LogP contribution >= 0.6 is 0 Å². The first-order chi connectivity index (χ1) is 9.82. The van der Waals surface area contributed by atoms with E-state index in [-0.39, 0.29) is 25.0 Å². The van der Waals surface area contributed by atoms with Gasteiger partial charge in [-0.05, 0) is 25.7 Å². The molecule has 0 fully saturated rings. The highest BCUT2D eigenvalue weighted by atomic mass is 16.4. The van der Waals surface area contributed by atoms with Crippen molar-refractivity contribution < 1.29 is 25.2 Å². The van der Waals surface area contributed by atoms with Crippen LogP contribution in [-0.4, -0.2) is 44.7 Å². The fourth-order valence-corrected chi connectivity index (χ4v) is 1.96. The average Bonchev–Trinajstić information content (AvgIpc) is 2.46. The molecule has 21 heavy (non-hydrogen) atoms. The van der Waals surface area contributed by atoms with Gasteiger partial charge in [0.15, 0.2) is 5.60 Å². The lowest BCUT2D eigenvalue weighted by molar-refractivity contribution is -0.159. The number of aliphatic hydroxyl groups excluding tert-OH is 2. The fraction of sp³-hybridized carbons (Fsp3) is 0.938. The van der Waals surface area contributed by atoms with Gasteiger partial charge in [-0.1, -0.05) is 47.0 Å². The molecule has 5 heteroatoms. The molecule has 0 aliphatic carbocycles. The molecule has 0 aromatic rings. The molecule has 128 valence electrons. The van der Waals surface area contributed by atoms with E-state index in [9.17, 15) is 15.0 Å². The third kappa shape index (κ3) is 9.82. The molecule has 3 atom stereocenters. The molecule has 0 radical (unpaired) electrons. The Balaban J connectivity index is 0. The lowest BCUT2D eigenvalue weighted by Gasteiger charge is -2.20. The SMILES string of the molecule is CCCC(O)C(CC)CO.CCCCC(O)(CC)C(=O)O. The number of rotatable bonds is 10. The maximum atomic E-state index is 10.5. The highest BCUT2D eigenvalue weighted by molar-refractivity contribution is 5.76. The number of carboxylic acid groups (broad SMARTS) is 1. The predicted molar refractivity (Wildman–Crippen MR) is 84.2 cm³/mol. The highest BCUT2D eigenvalue weighted by Gasteiger charge is 2.32. The quantitative estimate of drug-likeness (QED) is 0.497. The molecule has 0 saturated carbocycles. The van der Waals surface area contributed by atoms with Crippen molar-refractivity contribution in [2.75, 3.05) is 6.61 Å². The lowest BCUT2D eigenvalue weighted by atomic mass is 9.94. The van der Waals surface area contributed by atoms with E-state index < -0.39 is 11.6 Å². The maximum Gasteiger partial charge on any atom is 0.335 e. The van der Waals surface area contributed by atoms with E-state index in [1.54, 1.807) is 6.92 Å². The summed E-state index contributed by atoms with van der Waals surface area (Å²) in [6.07, 6.45) is 4.65. The van der Waals surface area contributed by atoms with Crippen LogP contribution in [0.4, 0.5) is 0 Å². The largest absolute Gasteiger partial charge is 0.479 e. The van der Waals surface area contributed by atoms with Gasteiger partial charge < -0.3 is 20.4 Å².